The molecule has 1 aliphatic rings. The molecule has 3 rings (SSSR count). The van der Waals surface area contributed by atoms with Crippen molar-refractivity contribution in [2.24, 2.45) is 0 Å². The lowest BCUT2D eigenvalue weighted by Gasteiger charge is -2.06. The second kappa shape index (κ2) is 5.90. The first-order valence-electron chi connectivity index (χ1n) is 6.90. The van der Waals surface area contributed by atoms with Crippen LogP contribution in [-0.4, -0.2) is 16.6 Å². The molecule has 0 heterocycles. The number of aromatic hydroxyl groups is 1. The summed E-state index contributed by atoms with van der Waals surface area (Å²) in [6, 6.07) is 9.71. The highest BCUT2D eigenvalue weighted by molar-refractivity contribution is 8.00. The number of thioether (sulfide) groups is 1. The van der Waals surface area contributed by atoms with Crippen LogP contribution in [0.1, 0.15) is 27.9 Å². The Bertz CT molecular complexity index is 697. The third-order valence-corrected chi connectivity index (χ3v) is 4.69. The third-order valence-electron chi connectivity index (χ3n) is 3.70. The minimum absolute atomic E-state index is 0.0451. The van der Waals surface area contributed by atoms with Gasteiger partial charge in [0.25, 0.3) is 0 Å². The van der Waals surface area contributed by atoms with Gasteiger partial charge in [-0.3, -0.25) is 4.79 Å². The molecule has 2 aromatic carbocycles. The molecule has 0 fully saturated rings. The van der Waals surface area contributed by atoms with E-state index in [1.54, 1.807) is 0 Å². The summed E-state index contributed by atoms with van der Waals surface area (Å²) in [5.41, 5.74) is 2.80. The van der Waals surface area contributed by atoms with Gasteiger partial charge in [-0.2, -0.15) is 0 Å². The Hall–Kier alpha value is -1.81. The molecule has 1 N–H and O–H groups in total. The predicted octanol–water partition coefficient (Wildman–Crippen LogP) is 4.00. The molecule has 0 aromatic heterocycles. The first-order chi connectivity index (χ1) is 10.1. The van der Waals surface area contributed by atoms with Gasteiger partial charge < -0.3 is 5.11 Å². The van der Waals surface area contributed by atoms with Gasteiger partial charge >= 0.3 is 0 Å². The lowest BCUT2D eigenvalue weighted by atomic mass is 10.1. The van der Waals surface area contributed by atoms with Gasteiger partial charge in [0, 0.05) is 4.90 Å². The quantitative estimate of drug-likeness (QED) is 0.685. The smallest absolute Gasteiger partial charge is 0.176 e. The van der Waals surface area contributed by atoms with Crippen LogP contribution in [0.25, 0.3) is 0 Å². The topological polar surface area (TPSA) is 37.3 Å². The summed E-state index contributed by atoms with van der Waals surface area (Å²) in [6.07, 6.45) is 3.43. The maximum atomic E-state index is 13.2. The fraction of sp³-hybridized carbons (Fsp3) is 0.235. The van der Waals surface area contributed by atoms with E-state index < -0.39 is 5.82 Å². The number of aryl methyl sites for hydroxylation is 2. The van der Waals surface area contributed by atoms with Gasteiger partial charge in [-0.25, -0.2) is 4.39 Å². The van der Waals surface area contributed by atoms with Crippen molar-refractivity contribution in [2.75, 3.05) is 5.75 Å². The number of phenols is 1. The van der Waals surface area contributed by atoms with E-state index in [4.69, 9.17) is 0 Å². The third kappa shape index (κ3) is 3.10. The van der Waals surface area contributed by atoms with Gasteiger partial charge in [0.05, 0.1) is 11.3 Å². The number of fused-ring (bicyclic) bond motifs is 1. The highest BCUT2D eigenvalue weighted by atomic mass is 32.2. The van der Waals surface area contributed by atoms with Gasteiger partial charge in [0.1, 0.15) is 11.6 Å². The van der Waals surface area contributed by atoms with Crippen molar-refractivity contribution in [1.29, 1.82) is 0 Å². The molecule has 0 unspecified atom stereocenters. The van der Waals surface area contributed by atoms with E-state index in [1.807, 2.05) is 6.07 Å². The molecule has 0 saturated carbocycles. The van der Waals surface area contributed by atoms with Crippen LogP contribution in [0.15, 0.2) is 41.3 Å². The predicted molar refractivity (Wildman–Crippen MR) is 81.6 cm³/mol. The molecule has 0 spiro atoms. The zero-order valence-electron chi connectivity index (χ0n) is 11.4. The van der Waals surface area contributed by atoms with Crippen LogP contribution < -0.4 is 0 Å². The Morgan fingerprint density at radius 3 is 2.81 bits per heavy atom. The molecule has 0 amide bonds. The van der Waals surface area contributed by atoms with E-state index in [0.29, 0.717) is 0 Å². The summed E-state index contributed by atoms with van der Waals surface area (Å²) in [5.74, 6) is -0.761. The molecule has 0 saturated heterocycles. The fourth-order valence-corrected chi connectivity index (χ4v) is 3.44. The SMILES string of the molecule is O=C(CSc1ccc2c(c1)CCC2)c1cc(F)ccc1O. The number of halogens is 1. The second-order valence-electron chi connectivity index (χ2n) is 5.16. The maximum Gasteiger partial charge on any atom is 0.176 e. The first kappa shape index (κ1) is 14.1. The number of phenolic OH excluding ortho intramolecular Hbond substituents is 1. The summed E-state index contributed by atoms with van der Waals surface area (Å²) in [4.78, 5) is 13.1. The zero-order valence-corrected chi connectivity index (χ0v) is 12.3. The number of carbonyl (C=O) groups excluding carboxylic acids is 1. The molecular weight excluding hydrogens is 287 g/mol. The van der Waals surface area contributed by atoms with Crippen molar-refractivity contribution in [1.82, 2.24) is 0 Å². The fourth-order valence-electron chi connectivity index (χ4n) is 2.60. The van der Waals surface area contributed by atoms with Gasteiger partial charge in [0.2, 0.25) is 0 Å². The molecule has 0 atom stereocenters. The average Bonchev–Trinajstić information content (AvgIpc) is 2.94. The van der Waals surface area contributed by atoms with Crippen LogP contribution >= 0.6 is 11.8 Å². The molecule has 2 nitrogen and oxygen atoms in total. The van der Waals surface area contributed by atoms with E-state index >= 15 is 0 Å². The van der Waals surface area contributed by atoms with Gasteiger partial charge in [-0.15, -0.1) is 11.8 Å². The van der Waals surface area contributed by atoms with E-state index in [0.717, 1.165) is 29.9 Å². The first-order valence-corrected chi connectivity index (χ1v) is 7.88. The minimum Gasteiger partial charge on any atom is -0.507 e. The Balaban J connectivity index is 1.70. The van der Waals surface area contributed by atoms with Crippen LogP contribution in [0, 0.1) is 5.82 Å². The molecule has 21 heavy (non-hydrogen) atoms. The van der Waals surface area contributed by atoms with Crippen molar-refractivity contribution < 1.29 is 14.3 Å². The number of ketones is 1. The van der Waals surface area contributed by atoms with Crippen LogP contribution in [0.2, 0.25) is 0 Å². The van der Waals surface area contributed by atoms with E-state index in [1.165, 1.54) is 35.4 Å². The maximum absolute atomic E-state index is 13.2. The van der Waals surface area contributed by atoms with Crippen molar-refractivity contribution in [3.63, 3.8) is 0 Å². The van der Waals surface area contributed by atoms with Crippen molar-refractivity contribution >= 4 is 17.5 Å². The molecule has 2 aromatic rings. The summed E-state index contributed by atoms with van der Waals surface area (Å²) in [7, 11) is 0. The summed E-state index contributed by atoms with van der Waals surface area (Å²) in [5, 5.41) is 9.63. The van der Waals surface area contributed by atoms with Gasteiger partial charge in [0.15, 0.2) is 5.78 Å². The number of hydrogen-bond acceptors (Lipinski definition) is 3. The average molecular weight is 302 g/mol. The van der Waals surface area contributed by atoms with Crippen molar-refractivity contribution in [3.05, 3.63) is 58.9 Å². The summed E-state index contributed by atoms with van der Waals surface area (Å²) < 4.78 is 13.2. The number of benzene rings is 2. The van der Waals surface area contributed by atoms with E-state index in [2.05, 4.69) is 12.1 Å². The molecular formula is C17H15FO2S. The largest absolute Gasteiger partial charge is 0.507 e. The molecule has 1 aliphatic carbocycles. The van der Waals surface area contributed by atoms with Gasteiger partial charge in [-0.05, 0) is 60.7 Å². The Morgan fingerprint density at radius 1 is 1.14 bits per heavy atom. The normalized spacial score (nSPS) is 13.2. The number of hydrogen-bond donors (Lipinski definition) is 1. The minimum atomic E-state index is -0.515. The number of carbonyl (C=O) groups is 1. The molecule has 0 bridgehead atoms. The lowest BCUT2D eigenvalue weighted by molar-refractivity contribution is 0.101. The molecule has 4 heteroatoms. The standard InChI is InChI=1S/C17H15FO2S/c18-13-5-7-16(19)15(9-13)17(20)10-21-14-6-4-11-2-1-3-12(11)8-14/h4-9,19H,1-3,10H2. The number of Topliss-reactive ketones (excluding diaryl/α,β-unsaturated/α-hetero) is 1. The van der Waals surface area contributed by atoms with Crippen molar-refractivity contribution in [3.8, 4) is 5.75 Å². The molecule has 0 radical (unpaired) electrons. The van der Waals surface area contributed by atoms with E-state index in [-0.39, 0.29) is 22.8 Å². The monoisotopic (exact) mass is 302 g/mol. The Kier molecular flexibility index (Phi) is 3.97. The van der Waals surface area contributed by atoms with E-state index in [9.17, 15) is 14.3 Å². The van der Waals surface area contributed by atoms with Crippen LogP contribution in [0.3, 0.4) is 0 Å². The Labute approximate surface area is 127 Å². The highest BCUT2D eigenvalue weighted by Crippen LogP contribution is 2.28. The summed E-state index contributed by atoms with van der Waals surface area (Å²) >= 11 is 1.42. The number of rotatable bonds is 4. The molecule has 0 aliphatic heterocycles. The lowest BCUT2D eigenvalue weighted by Crippen LogP contribution is -2.03. The van der Waals surface area contributed by atoms with Gasteiger partial charge in [-0.1, -0.05) is 6.07 Å². The molecule has 108 valence electrons. The van der Waals surface area contributed by atoms with Crippen LogP contribution in [-0.2, 0) is 12.8 Å². The summed E-state index contributed by atoms with van der Waals surface area (Å²) in [6.45, 7) is 0. The van der Waals surface area contributed by atoms with Crippen molar-refractivity contribution in [2.45, 2.75) is 24.2 Å². The Morgan fingerprint density at radius 2 is 1.95 bits per heavy atom. The highest BCUT2D eigenvalue weighted by Gasteiger charge is 2.14. The van der Waals surface area contributed by atoms with Crippen LogP contribution in [0.5, 0.6) is 5.75 Å². The second-order valence-corrected chi connectivity index (χ2v) is 6.21. The van der Waals surface area contributed by atoms with Crippen LogP contribution in [0.4, 0.5) is 4.39 Å². The zero-order chi connectivity index (χ0) is 14.8.